The number of amides is 3. The van der Waals surface area contributed by atoms with Crippen LogP contribution < -0.4 is 10.2 Å². The quantitative estimate of drug-likeness (QED) is 0.0730. The number of methoxy groups -OCH3 is 1. The molecule has 0 bridgehead atoms. The van der Waals surface area contributed by atoms with Crippen molar-refractivity contribution in [2.24, 2.45) is 5.92 Å². The number of fused-ring (bicyclic) bond motifs is 4. The standard InChI is InChI=1S/C54H46N6O9/c1-67-30-31-68-53(66)59-42-28-23-34(14-13-29-58-43-22-12-11-21-41(43)56-57-58)32-40(42)54(52(59)65)45(50(63)55-33-44(62)35-15-5-2-6-16-35)47-51(64)69-48(37-19-9-4-10-20-37)46(36-17-7-3-8-18-36)60(47)49(54)38-24-26-39(61)27-25-38/h2-12,15-28,32,44-49,61-62H,29-31,33H2,1H3,(H,55,63)/t44-,45-,46-,47-,48+,49+,54-/m0/s1. The number of aromatic nitrogens is 3. The fourth-order valence-electron chi connectivity index (χ4n) is 10.2. The van der Waals surface area contributed by atoms with Crippen molar-refractivity contribution in [3.63, 3.8) is 0 Å². The van der Waals surface area contributed by atoms with Crippen molar-refractivity contribution < 1.29 is 43.6 Å². The maximum Gasteiger partial charge on any atom is 0.421 e. The van der Waals surface area contributed by atoms with Gasteiger partial charge in [0.15, 0.2) is 0 Å². The number of carbonyl (C=O) groups excluding carboxylic acids is 4. The number of para-hydroxylation sites is 1. The number of nitrogens with one attached hydrogen (secondary N) is 1. The zero-order valence-electron chi connectivity index (χ0n) is 37.3. The van der Waals surface area contributed by atoms with E-state index in [4.69, 9.17) is 14.2 Å². The summed E-state index contributed by atoms with van der Waals surface area (Å²) < 4.78 is 19.0. The van der Waals surface area contributed by atoms with E-state index in [2.05, 4.69) is 27.5 Å². The molecule has 7 atom stereocenters. The summed E-state index contributed by atoms with van der Waals surface area (Å²) >= 11 is 0. The van der Waals surface area contributed by atoms with Gasteiger partial charge in [-0.05, 0) is 70.3 Å². The number of carbonyl (C=O) groups is 4. The highest BCUT2D eigenvalue weighted by Crippen LogP contribution is 2.66. The van der Waals surface area contributed by atoms with Gasteiger partial charge < -0.3 is 29.7 Å². The fourth-order valence-corrected chi connectivity index (χ4v) is 10.2. The molecular formula is C54H46N6O9. The zero-order valence-corrected chi connectivity index (χ0v) is 37.3. The van der Waals surface area contributed by atoms with Crippen LogP contribution >= 0.6 is 0 Å². The molecule has 2 saturated heterocycles. The lowest BCUT2D eigenvalue weighted by molar-refractivity contribution is -0.178. The number of hydrogen-bond donors (Lipinski definition) is 3. The zero-order chi connectivity index (χ0) is 47.6. The van der Waals surface area contributed by atoms with Crippen LogP contribution in [0.15, 0.2) is 158 Å². The van der Waals surface area contributed by atoms with Gasteiger partial charge in [-0.2, -0.15) is 0 Å². The van der Waals surface area contributed by atoms with E-state index in [0.29, 0.717) is 33.3 Å². The lowest BCUT2D eigenvalue weighted by Gasteiger charge is -2.46. The van der Waals surface area contributed by atoms with Crippen molar-refractivity contribution in [3.8, 4) is 17.6 Å². The van der Waals surface area contributed by atoms with Crippen LogP contribution in [-0.4, -0.2) is 86.9 Å². The van der Waals surface area contributed by atoms with Gasteiger partial charge in [0.1, 0.15) is 42.0 Å². The summed E-state index contributed by atoms with van der Waals surface area (Å²) in [6.45, 7) is -0.290. The van der Waals surface area contributed by atoms with Crippen LogP contribution in [-0.2, 0) is 40.6 Å². The second kappa shape index (κ2) is 18.8. The summed E-state index contributed by atoms with van der Waals surface area (Å²) in [6, 6.07) is 42.6. The molecule has 3 amide bonds. The first-order valence-electron chi connectivity index (χ1n) is 22.5. The molecule has 69 heavy (non-hydrogen) atoms. The smallest absolute Gasteiger partial charge is 0.421 e. The predicted octanol–water partition coefficient (Wildman–Crippen LogP) is 6.49. The molecule has 10 rings (SSSR count). The van der Waals surface area contributed by atoms with E-state index in [9.17, 15) is 15.0 Å². The van der Waals surface area contributed by atoms with Gasteiger partial charge in [-0.3, -0.25) is 19.3 Å². The van der Waals surface area contributed by atoms with Crippen molar-refractivity contribution in [2.75, 3.05) is 31.8 Å². The molecule has 1 aromatic heterocycles. The molecule has 4 heterocycles. The van der Waals surface area contributed by atoms with Gasteiger partial charge >= 0.3 is 12.1 Å². The number of rotatable bonds is 11. The molecule has 3 N–H and O–H groups in total. The Morgan fingerprint density at radius 1 is 0.812 bits per heavy atom. The summed E-state index contributed by atoms with van der Waals surface area (Å²) in [5.74, 6) is 2.31. The van der Waals surface area contributed by atoms with E-state index in [1.807, 2.05) is 89.8 Å². The number of cyclic esters (lactones) is 1. The van der Waals surface area contributed by atoms with Gasteiger partial charge in [0.25, 0.3) is 0 Å². The first-order chi connectivity index (χ1) is 33.7. The van der Waals surface area contributed by atoms with Crippen LogP contribution in [0.2, 0.25) is 0 Å². The van der Waals surface area contributed by atoms with Crippen molar-refractivity contribution in [1.29, 1.82) is 0 Å². The Labute approximate surface area is 396 Å². The second-order valence-corrected chi connectivity index (χ2v) is 17.0. The van der Waals surface area contributed by atoms with Gasteiger partial charge in [-0.15, -0.1) is 5.10 Å². The molecule has 346 valence electrons. The summed E-state index contributed by atoms with van der Waals surface area (Å²) in [5, 5.41) is 33.6. The number of aliphatic hydroxyl groups excluding tert-OH is 1. The molecule has 15 nitrogen and oxygen atoms in total. The number of esters is 1. The number of aromatic hydroxyl groups is 1. The Morgan fingerprint density at radius 3 is 2.22 bits per heavy atom. The average Bonchev–Trinajstić information content (AvgIpc) is 4.02. The molecule has 2 fully saturated rings. The van der Waals surface area contributed by atoms with Gasteiger partial charge in [0.2, 0.25) is 11.8 Å². The number of phenolic OH excluding ortho intramolecular Hbond substituents is 1. The number of hydrogen-bond acceptors (Lipinski definition) is 12. The number of morpholine rings is 1. The number of nitrogens with zero attached hydrogens (tertiary/aromatic N) is 5. The molecule has 0 unspecified atom stereocenters. The van der Waals surface area contributed by atoms with Crippen molar-refractivity contribution in [1.82, 2.24) is 25.2 Å². The number of benzene rings is 6. The van der Waals surface area contributed by atoms with Gasteiger partial charge in [0.05, 0.1) is 41.9 Å². The molecule has 15 heteroatoms. The molecule has 0 aliphatic carbocycles. The lowest BCUT2D eigenvalue weighted by Crippen LogP contribution is -2.56. The SMILES string of the molecule is COCCOC(=O)N1C(=O)[C@@]2(c3cc(C#CCn4nnc5ccccc54)ccc31)[C@H](C(=O)NC[C@H](O)c1ccccc1)[C@H]1C(=O)O[C@H](c3ccccc3)[C@H](c3ccccc3)N1[C@@H]2c1ccc(O)cc1. The Bertz CT molecular complexity index is 3100. The van der Waals surface area contributed by atoms with E-state index < -0.39 is 65.5 Å². The highest BCUT2D eigenvalue weighted by molar-refractivity contribution is 6.23. The maximum absolute atomic E-state index is 16.3. The predicted molar refractivity (Wildman–Crippen MR) is 252 cm³/mol. The average molecular weight is 923 g/mol. The third-order valence-corrected chi connectivity index (χ3v) is 13.2. The van der Waals surface area contributed by atoms with Gasteiger partial charge in [-0.1, -0.05) is 132 Å². The minimum Gasteiger partial charge on any atom is -0.508 e. The van der Waals surface area contributed by atoms with Gasteiger partial charge in [-0.25, -0.2) is 14.4 Å². The number of ether oxygens (including phenoxy) is 3. The monoisotopic (exact) mass is 922 g/mol. The summed E-state index contributed by atoms with van der Waals surface area (Å²) in [5.41, 5.74) is 2.49. The molecular weight excluding hydrogens is 877 g/mol. The lowest BCUT2D eigenvalue weighted by atomic mass is 9.65. The number of imide groups is 1. The van der Waals surface area contributed by atoms with Crippen LogP contribution in [0.25, 0.3) is 11.0 Å². The van der Waals surface area contributed by atoms with Crippen LogP contribution in [0.3, 0.4) is 0 Å². The molecule has 3 aliphatic heterocycles. The highest BCUT2D eigenvalue weighted by Gasteiger charge is 2.75. The van der Waals surface area contributed by atoms with Crippen molar-refractivity contribution in [3.05, 3.63) is 191 Å². The van der Waals surface area contributed by atoms with Crippen LogP contribution in [0.4, 0.5) is 10.5 Å². The maximum atomic E-state index is 16.3. The Morgan fingerprint density at radius 2 is 1.49 bits per heavy atom. The largest absolute Gasteiger partial charge is 0.508 e. The fraction of sp³-hybridized carbons (Fsp3) is 0.222. The third kappa shape index (κ3) is 7.93. The summed E-state index contributed by atoms with van der Waals surface area (Å²) in [6.07, 6.45) is -3.14. The van der Waals surface area contributed by atoms with Crippen LogP contribution in [0, 0.1) is 17.8 Å². The normalized spacial score (nSPS) is 22.1. The van der Waals surface area contributed by atoms with Crippen molar-refractivity contribution in [2.45, 2.75) is 42.3 Å². The minimum atomic E-state index is -2.11. The van der Waals surface area contributed by atoms with Crippen LogP contribution in [0.5, 0.6) is 5.75 Å². The molecule has 0 saturated carbocycles. The van der Waals surface area contributed by atoms with E-state index in [1.165, 1.54) is 19.2 Å². The Balaban J connectivity index is 1.21. The van der Waals surface area contributed by atoms with E-state index in [0.717, 1.165) is 10.4 Å². The highest BCUT2D eigenvalue weighted by atomic mass is 16.6. The molecule has 7 aromatic rings. The van der Waals surface area contributed by atoms with E-state index in [-0.39, 0.29) is 43.3 Å². The Hall–Kier alpha value is -8.16. The number of anilines is 1. The molecule has 0 radical (unpaired) electrons. The summed E-state index contributed by atoms with van der Waals surface area (Å²) in [4.78, 5) is 64.6. The first kappa shape index (κ1) is 44.7. The number of aliphatic hydroxyl groups is 1. The Kier molecular flexibility index (Phi) is 12.2. The first-order valence-corrected chi connectivity index (χ1v) is 22.5. The van der Waals surface area contributed by atoms with E-state index in [1.54, 1.807) is 65.3 Å². The molecule has 1 spiro atoms. The number of phenols is 1. The van der Waals surface area contributed by atoms with Crippen molar-refractivity contribution >= 4 is 40.6 Å². The topological polar surface area (TPSA) is 186 Å². The van der Waals surface area contributed by atoms with E-state index >= 15 is 14.4 Å². The summed E-state index contributed by atoms with van der Waals surface area (Å²) in [7, 11) is 1.45. The second-order valence-electron chi connectivity index (χ2n) is 17.0. The third-order valence-electron chi connectivity index (χ3n) is 13.2. The van der Waals surface area contributed by atoms with Crippen LogP contribution in [0.1, 0.15) is 57.7 Å². The van der Waals surface area contributed by atoms with Gasteiger partial charge in [0, 0.05) is 19.2 Å². The molecule has 6 aromatic carbocycles. The molecule has 3 aliphatic rings. The minimum absolute atomic E-state index is 0.0353.